The average Bonchev–Trinajstić information content (AvgIpc) is 2.62. The number of aryl methyl sites for hydroxylation is 1. The molecule has 0 saturated carbocycles. The predicted octanol–water partition coefficient (Wildman–Crippen LogP) is 3.57. The molecule has 2 heterocycles. The molecule has 5 nitrogen and oxygen atoms in total. The molecule has 0 aliphatic carbocycles. The third-order valence-corrected chi connectivity index (χ3v) is 5.91. The van der Waals surface area contributed by atoms with Crippen molar-refractivity contribution < 1.29 is 0 Å². The minimum atomic E-state index is -0.125. The Labute approximate surface area is 163 Å². The maximum absolute atomic E-state index is 12.1. The molecule has 1 fully saturated rings. The fourth-order valence-electron chi connectivity index (χ4n) is 3.65. The summed E-state index contributed by atoms with van der Waals surface area (Å²) in [6.45, 7) is 6.44. The quantitative estimate of drug-likeness (QED) is 0.824. The maximum Gasteiger partial charge on any atom is 0.282 e. The smallest absolute Gasteiger partial charge is 0.282 e. The van der Waals surface area contributed by atoms with Gasteiger partial charge in [-0.3, -0.25) is 4.79 Å². The molecule has 3 rings (SSSR count). The van der Waals surface area contributed by atoms with Crippen molar-refractivity contribution in [2.45, 2.75) is 38.1 Å². The molecule has 1 saturated heterocycles. The normalized spacial score (nSPS) is 21.2. The number of nitrogens with one attached hydrogen (secondary N) is 1. The average molecular weight is 419 g/mol. The van der Waals surface area contributed by atoms with E-state index in [1.54, 1.807) is 13.2 Å². The van der Waals surface area contributed by atoms with Crippen molar-refractivity contribution in [1.29, 1.82) is 0 Å². The zero-order chi connectivity index (χ0) is 18.8. The number of benzene rings is 1. The van der Waals surface area contributed by atoms with E-state index in [-0.39, 0.29) is 11.6 Å². The third-order valence-electron chi connectivity index (χ3n) is 5.15. The van der Waals surface area contributed by atoms with Crippen LogP contribution in [0.1, 0.15) is 43.2 Å². The van der Waals surface area contributed by atoms with Crippen molar-refractivity contribution in [3.63, 3.8) is 0 Å². The lowest BCUT2D eigenvalue weighted by atomic mass is 9.87. The molecule has 140 valence electrons. The summed E-state index contributed by atoms with van der Waals surface area (Å²) in [5, 5.41) is 7.64. The number of halogens is 1. The van der Waals surface area contributed by atoms with Gasteiger partial charge < -0.3 is 10.2 Å². The van der Waals surface area contributed by atoms with E-state index >= 15 is 0 Å². The van der Waals surface area contributed by atoms with Gasteiger partial charge in [0, 0.05) is 26.2 Å². The summed E-state index contributed by atoms with van der Waals surface area (Å²) in [7, 11) is 3.81. The standard InChI is InChI=1S/C20H27BrN4O/c1-13(2)14-5-7-15(8-6-14)16-9-17(12-24(3)11-16)23-18-10-22-25(4)20(26)19(18)21/h5-8,10,13,16-17,23H,9,11-12H2,1-4H3/t16-,17+/m1/s1. The van der Waals surface area contributed by atoms with E-state index in [2.05, 4.69) is 76.4 Å². The van der Waals surface area contributed by atoms with Gasteiger partial charge in [0.1, 0.15) is 4.47 Å². The van der Waals surface area contributed by atoms with Gasteiger partial charge in [-0.25, -0.2) is 4.68 Å². The Bertz CT molecular complexity index is 816. The minimum Gasteiger partial charge on any atom is -0.379 e. The van der Waals surface area contributed by atoms with Crippen LogP contribution < -0.4 is 10.9 Å². The van der Waals surface area contributed by atoms with Crippen LogP contribution in [0.25, 0.3) is 0 Å². The second-order valence-corrected chi connectivity index (χ2v) is 8.41. The molecule has 6 heteroatoms. The van der Waals surface area contributed by atoms with Crippen molar-refractivity contribution in [2.75, 3.05) is 25.5 Å². The molecule has 1 aromatic heterocycles. The van der Waals surface area contributed by atoms with Crippen LogP contribution in [0.15, 0.2) is 39.7 Å². The van der Waals surface area contributed by atoms with E-state index in [4.69, 9.17) is 0 Å². The van der Waals surface area contributed by atoms with Crippen molar-refractivity contribution >= 4 is 21.6 Å². The topological polar surface area (TPSA) is 50.2 Å². The summed E-state index contributed by atoms with van der Waals surface area (Å²) in [6.07, 6.45) is 2.75. The van der Waals surface area contributed by atoms with Crippen molar-refractivity contribution in [1.82, 2.24) is 14.7 Å². The molecule has 1 aliphatic rings. The Balaban J connectivity index is 1.76. The molecule has 1 aromatic carbocycles. The second kappa shape index (κ2) is 7.92. The first-order valence-corrected chi connectivity index (χ1v) is 9.91. The zero-order valence-corrected chi connectivity index (χ0v) is 17.5. The number of likely N-dealkylation sites (tertiary alicyclic amines) is 1. The van der Waals surface area contributed by atoms with E-state index in [0.29, 0.717) is 16.3 Å². The predicted molar refractivity (Wildman–Crippen MR) is 110 cm³/mol. The minimum absolute atomic E-state index is 0.125. The van der Waals surface area contributed by atoms with Gasteiger partial charge in [-0.1, -0.05) is 38.1 Å². The van der Waals surface area contributed by atoms with Crippen molar-refractivity contribution in [2.24, 2.45) is 7.05 Å². The van der Waals surface area contributed by atoms with Crippen LogP contribution >= 0.6 is 15.9 Å². The summed E-state index contributed by atoms with van der Waals surface area (Å²) in [4.78, 5) is 14.4. The Morgan fingerprint density at radius 1 is 1.19 bits per heavy atom. The molecule has 1 aliphatic heterocycles. The Kier molecular flexibility index (Phi) is 5.82. The van der Waals surface area contributed by atoms with E-state index in [1.807, 2.05) is 0 Å². The molecule has 0 amide bonds. The number of likely N-dealkylation sites (N-methyl/N-ethyl adjacent to an activating group) is 1. The summed E-state index contributed by atoms with van der Waals surface area (Å²) in [6, 6.07) is 9.31. The van der Waals surface area contributed by atoms with Gasteiger partial charge >= 0.3 is 0 Å². The first kappa shape index (κ1) is 19.1. The number of piperidine rings is 1. The van der Waals surface area contributed by atoms with Crippen molar-refractivity contribution in [3.8, 4) is 0 Å². The number of hydrogen-bond donors (Lipinski definition) is 1. The lowest BCUT2D eigenvalue weighted by molar-refractivity contribution is 0.235. The zero-order valence-electron chi connectivity index (χ0n) is 15.9. The molecular formula is C20H27BrN4O. The highest BCUT2D eigenvalue weighted by Crippen LogP contribution is 2.30. The van der Waals surface area contributed by atoms with Crippen molar-refractivity contribution in [3.05, 3.63) is 56.4 Å². The highest BCUT2D eigenvalue weighted by Gasteiger charge is 2.27. The lowest BCUT2D eigenvalue weighted by Gasteiger charge is -2.37. The van der Waals surface area contributed by atoms with E-state index in [1.165, 1.54) is 15.8 Å². The van der Waals surface area contributed by atoms with Crippen LogP contribution in [-0.2, 0) is 7.05 Å². The van der Waals surface area contributed by atoms with Crippen LogP contribution in [0, 0.1) is 0 Å². The SMILES string of the molecule is CC(C)c1ccc([C@@H]2C[C@H](Nc3cnn(C)c(=O)c3Br)CN(C)C2)cc1. The molecule has 0 bridgehead atoms. The molecule has 26 heavy (non-hydrogen) atoms. The lowest BCUT2D eigenvalue weighted by Crippen LogP contribution is -2.43. The molecule has 1 N–H and O–H groups in total. The van der Waals surface area contributed by atoms with Gasteiger partial charge in [0.05, 0.1) is 11.9 Å². The summed E-state index contributed by atoms with van der Waals surface area (Å²) >= 11 is 3.41. The van der Waals surface area contributed by atoms with Crippen LogP contribution in [0.3, 0.4) is 0 Å². The highest BCUT2D eigenvalue weighted by molar-refractivity contribution is 9.10. The van der Waals surface area contributed by atoms with Gasteiger partial charge in [0.2, 0.25) is 0 Å². The van der Waals surface area contributed by atoms with Gasteiger partial charge in [0.15, 0.2) is 0 Å². The Morgan fingerprint density at radius 3 is 2.54 bits per heavy atom. The van der Waals surface area contributed by atoms with Gasteiger partial charge in [-0.05, 0) is 52.4 Å². The highest BCUT2D eigenvalue weighted by atomic mass is 79.9. The fourth-order valence-corrected chi connectivity index (χ4v) is 4.12. The number of hydrogen-bond acceptors (Lipinski definition) is 4. The molecule has 0 unspecified atom stereocenters. The summed E-state index contributed by atoms with van der Waals surface area (Å²) < 4.78 is 1.88. The number of nitrogens with zero attached hydrogens (tertiary/aromatic N) is 3. The van der Waals surface area contributed by atoms with E-state index in [0.717, 1.165) is 25.2 Å². The molecule has 2 aromatic rings. The fraction of sp³-hybridized carbons (Fsp3) is 0.500. The third kappa shape index (κ3) is 4.18. The van der Waals surface area contributed by atoms with E-state index in [9.17, 15) is 4.79 Å². The summed E-state index contributed by atoms with van der Waals surface area (Å²) in [5.74, 6) is 1.03. The number of aromatic nitrogens is 2. The monoisotopic (exact) mass is 418 g/mol. The van der Waals surface area contributed by atoms with Gasteiger partial charge in [-0.2, -0.15) is 5.10 Å². The molecule has 2 atom stereocenters. The first-order valence-electron chi connectivity index (χ1n) is 9.12. The first-order chi connectivity index (χ1) is 12.3. The maximum atomic E-state index is 12.1. The van der Waals surface area contributed by atoms with Crippen LogP contribution in [0.2, 0.25) is 0 Å². The molecule has 0 spiro atoms. The van der Waals surface area contributed by atoms with Crippen LogP contribution in [-0.4, -0.2) is 40.9 Å². The Morgan fingerprint density at radius 2 is 1.88 bits per heavy atom. The largest absolute Gasteiger partial charge is 0.379 e. The molecular weight excluding hydrogens is 392 g/mol. The van der Waals surface area contributed by atoms with Crippen LogP contribution in [0.4, 0.5) is 5.69 Å². The van der Waals surface area contributed by atoms with E-state index < -0.39 is 0 Å². The van der Waals surface area contributed by atoms with Crippen LogP contribution in [0.5, 0.6) is 0 Å². The number of rotatable bonds is 4. The second-order valence-electron chi connectivity index (χ2n) is 7.62. The van der Waals surface area contributed by atoms with Gasteiger partial charge in [-0.15, -0.1) is 0 Å². The Hall–Kier alpha value is -1.66. The summed E-state index contributed by atoms with van der Waals surface area (Å²) in [5.41, 5.74) is 3.40. The molecule has 0 radical (unpaired) electrons. The number of anilines is 1. The van der Waals surface area contributed by atoms with Gasteiger partial charge in [0.25, 0.3) is 5.56 Å².